The van der Waals surface area contributed by atoms with Gasteiger partial charge in [-0.25, -0.2) is 0 Å². The summed E-state index contributed by atoms with van der Waals surface area (Å²) < 4.78 is 5.67. The van der Waals surface area contributed by atoms with Gasteiger partial charge in [0.25, 0.3) is 0 Å². The first-order chi connectivity index (χ1) is 11.1. The minimum atomic E-state index is -0.637. The molecule has 1 unspecified atom stereocenters. The molecule has 1 saturated carbocycles. The summed E-state index contributed by atoms with van der Waals surface area (Å²) in [7, 11) is 0. The molecule has 128 valence electrons. The molecule has 0 amide bonds. The molecule has 0 radical (unpaired) electrons. The zero-order valence-electron chi connectivity index (χ0n) is 14.4. The van der Waals surface area contributed by atoms with Gasteiger partial charge in [-0.2, -0.15) is 0 Å². The molecule has 23 heavy (non-hydrogen) atoms. The van der Waals surface area contributed by atoms with E-state index in [2.05, 4.69) is 15.6 Å². The van der Waals surface area contributed by atoms with Crippen LogP contribution < -0.4 is 15.4 Å². The van der Waals surface area contributed by atoms with E-state index in [1.54, 1.807) is 0 Å². The summed E-state index contributed by atoms with van der Waals surface area (Å²) >= 11 is 0. The van der Waals surface area contributed by atoms with Gasteiger partial charge in [0.1, 0.15) is 5.75 Å². The Balaban J connectivity index is 1.92. The fraction of sp³-hybridized carbons (Fsp3) is 0.611. The molecule has 1 atom stereocenters. The molecule has 0 aliphatic heterocycles. The maximum Gasteiger partial charge on any atom is 0.191 e. The third-order valence-electron chi connectivity index (χ3n) is 3.64. The number of ether oxygens (including phenoxy) is 1. The van der Waals surface area contributed by atoms with E-state index in [1.165, 1.54) is 12.8 Å². The Kier molecular flexibility index (Phi) is 6.71. The lowest BCUT2D eigenvalue weighted by Crippen LogP contribution is -2.38. The van der Waals surface area contributed by atoms with Gasteiger partial charge in [-0.1, -0.05) is 12.1 Å². The van der Waals surface area contributed by atoms with Crippen molar-refractivity contribution < 1.29 is 9.84 Å². The summed E-state index contributed by atoms with van der Waals surface area (Å²) in [4.78, 5) is 4.48. The predicted octanol–water partition coefficient (Wildman–Crippen LogP) is 2.47. The Morgan fingerprint density at radius 2 is 2.13 bits per heavy atom. The van der Waals surface area contributed by atoms with Gasteiger partial charge in [-0.15, -0.1) is 0 Å². The molecule has 0 heterocycles. The summed E-state index contributed by atoms with van der Waals surface area (Å²) in [6.07, 6.45) is 2.09. The van der Waals surface area contributed by atoms with Gasteiger partial charge in [0.15, 0.2) is 5.96 Å². The van der Waals surface area contributed by atoms with Crippen molar-refractivity contribution in [3.05, 3.63) is 29.8 Å². The highest BCUT2D eigenvalue weighted by Crippen LogP contribution is 2.27. The highest BCUT2D eigenvalue weighted by atomic mass is 16.5. The zero-order chi connectivity index (χ0) is 16.7. The van der Waals surface area contributed by atoms with E-state index in [1.807, 2.05) is 45.0 Å². The van der Waals surface area contributed by atoms with Gasteiger partial charge in [-0.05, 0) is 57.2 Å². The van der Waals surface area contributed by atoms with Crippen LogP contribution in [0.15, 0.2) is 29.3 Å². The van der Waals surface area contributed by atoms with Crippen LogP contribution in [0.4, 0.5) is 0 Å². The van der Waals surface area contributed by atoms with Crippen LogP contribution in [-0.4, -0.2) is 36.8 Å². The minimum absolute atomic E-state index is 0.118. The van der Waals surface area contributed by atoms with E-state index < -0.39 is 6.10 Å². The molecular weight excluding hydrogens is 290 g/mol. The fourth-order valence-electron chi connectivity index (χ4n) is 2.26. The van der Waals surface area contributed by atoms with Gasteiger partial charge in [0.05, 0.1) is 18.8 Å². The van der Waals surface area contributed by atoms with Crippen LogP contribution in [-0.2, 0) is 0 Å². The molecule has 0 saturated heterocycles. The Labute approximate surface area is 139 Å². The van der Waals surface area contributed by atoms with Crippen molar-refractivity contribution in [2.75, 3.05) is 19.6 Å². The van der Waals surface area contributed by atoms with Crippen molar-refractivity contribution in [3.8, 4) is 5.75 Å². The first-order valence-electron chi connectivity index (χ1n) is 8.55. The van der Waals surface area contributed by atoms with E-state index >= 15 is 0 Å². The van der Waals surface area contributed by atoms with E-state index in [0.717, 1.165) is 36.3 Å². The van der Waals surface area contributed by atoms with Crippen molar-refractivity contribution in [3.63, 3.8) is 0 Å². The van der Waals surface area contributed by atoms with Crippen LogP contribution in [0, 0.1) is 5.92 Å². The van der Waals surface area contributed by atoms with Gasteiger partial charge in [-0.3, -0.25) is 4.99 Å². The van der Waals surface area contributed by atoms with E-state index in [-0.39, 0.29) is 6.10 Å². The average Bonchev–Trinajstić information content (AvgIpc) is 3.33. The molecule has 5 heteroatoms. The lowest BCUT2D eigenvalue weighted by atomic mass is 10.1. The second kappa shape index (κ2) is 8.77. The zero-order valence-corrected chi connectivity index (χ0v) is 14.4. The topological polar surface area (TPSA) is 65.9 Å². The highest BCUT2D eigenvalue weighted by molar-refractivity contribution is 5.79. The fourth-order valence-corrected chi connectivity index (χ4v) is 2.26. The van der Waals surface area contributed by atoms with Gasteiger partial charge in [0, 0.05) is 13.1 Å². The predicted molar refractivity (Wildman–Crippen MR) is 93.9 cm³/mol. The standard InChI is InChI=1S/C18H29N3O2/c1-4-19-18(20-11-14-8-9-14)21-12-17(22)15-6-5-7-16(10-15)23-13(2)3/h5-7,10,13-14,17,22H,4,8-9,11-12H2,1-3H3,(H2,19,20,21). The maximum atomic E-state index is 10.4. The minimum Gasteiger partial charge on any atom is -0.491 e. The molecule has 1 aliphatic rings. The lowest BCUT2D eigenvalue weighted by molar-refractivity contribution is 0.185. The number of nitrogens with one attached hydrogen (secondary N) is 2. The molecule has 1 fully saturated rings. The van der Waals surface area contributed by atoms with Gasteiger partial charge in [0.2, 0.25) is 0 Å². The molecule has 0 aromatic heterocycles. The SMILES string of the molecule is CCNC(=NCC(O)c1cccc(OC(C)C)c1)NCC1CC1. The van der Waals surface area contributed by atoms with Crippen molar-refractivity contribution in [2.24, 2.45) is 10.9 Å². The molecule has 1 aromatic carbocycles. The molecular formula is C18H29N3O2. The van der Waals surface area contributed by atoms with E-state index in [0.29, 0.717) is 6.54 Å². The van der Waals surface area contributed by atoms with Crippen LogP contribution in [0.1, 0.15) is 45.3 Å². The Morgan fingerprint density at radius 3 is 2.78 bits per heavy atom. The maximum absolute atomic E-state index is 10.4. The number of aliphatic hydroxyl groups excluding tert-OH is 1. The van der Waals surface area contributed by atoms with Crippen molar-refractivity contribution >= 4 is 5.96 Å². The number of hydrogen-bond acceptors (Lipinski definition) is 3. The number of hydrogen-bond donors (Lipinski definition) is 3. The molecule has 5 nitrogen and oxygen atoms in total. The van der Waals surface area contributed by atoms with Crippen molar-refractivity contribution in [2.45, 2.75) is 45.8 Å². The van der Waals surface area contributed by atoms with Crippen LogP contribution in [0.3, 0.4) is 0 Å². The third kappa shape index (κ3) is 6.48. The summed E-state index contributed by atoms with van der Waals surface area (Å²) in [6, 6.07) is 7.58. The molecule has 2 rings (SSSR count). The van der Waals surface area contributed by atoms with Crippen LogP contribution in [0.2, 0.25) is 0 Å². The van der Waals surface area contributed by atoms with Gasteiger partial charge >= 0.3 is 0 Å². The van der Waals surface area contributed by atoms with Crippen LogP contribution in [0.5, 0.6) is 5.75 Å². The largest absolute Gasteiger partial charge is 0.491 e. The number of aliphatic imine (C=N–C) groups is 1. The van der Waals surface area contributed by atoms with Crippen molar-refractivity contribution in [1.82, 2.24) is 10.6 Å². The summed E-state index contributed by atoms with van der Waals surface area (Å²) in [6.45, 7) is 8.11. The lowest BCUT2D eigenvalue weighted by Gasteiger charge is -2.15. The van der Waals surface area contributed by atoms with E-state index in [4.69, 9.17) is 4.74 Å². The van der Waals surface area contributed by atoms with Crippen LogP contribution in [0.25, 0.3) is 0 Å². The summed E-state index contributed by atoms with van der Waals surface area (Å²) in [5.41, 5.74) is 0.824. The first-order valence-corrected chi connectivity index (χ1v) is 8.55. The smallest absolute Gasteiger partial charge is 0.191 e. The highest BCUT2D eigenvalue weighted by Gasteiger charge is 2.21. The second-order valence-electron chi connectivity index (χ2n) is 6.30. The number of guanidine groups is 1. The number of benzene rings is 1. The Bertz CT molecular complexity index is 513. The quantitative estimate of drug-likeness (QED) is 0.509. The number of nitrogens with zero attached hydrogens (tertiary/aromatic N) is 1. The normalized spacial score (nSPS) is 16.3. The molecule has 1 aromatic rings. The summed E-state index contributed by atoms with van der Waals surface area (Å²) in [5, 5.41) is 16.9. The molecule has 0 spiro atoms. The first kappa shape index (κ1) is 17.6. The van der Waals surface area contributed by atoms with Crippen molar-refractivity contribution in [1.29, 1.82) is 0 Å². The molecule has 3 N–H and O–H groups in total. The Morgan fingerprint density at radius 1 is 1.35 bits per heavy atom. The molecule has 0 bridgehead atoms. The average molecular weight is 319 g/mol. The molecule has 1 aliphatic carbocycles. The number of aliphatic hydroxyl groups is 1. The monoisotopic (exact) mass is 319 g/mol. The van der Waals surface area contributed by atoms with E-state index in [9.17, 15) is 5.11 Å². The second-order valence-corrected chi connectivity index (χ2v) is 6.30. The van der Waals surface area contributed by atoms with Gasteiger partial charge < -0.3 is 20.5 Å². The number of rotatable bonds is 8. The third-order valence-corrected chi connectivity index (χ3v) is 3.64. The van der Waals surface area contributed by atoms with Crippen LogP contribution >= 0.6 is 0 Å². The Hall–Kier alpha value is -1.75. The summed E-state index contributed by atoms with van der Waals surface area (Å²) in [5.74, 6) is 2.33.